The van der Waals surface area contributed by atoms with Crippen LogP contribution in [-0.2, 0) is 0 Å². The Hall–Kier alpha value is -1.62. The fourth-order valence-corrected chi connectivity index (χ4v) is 1.82. The van der Waals surface area contributed by atoms with Gasteiger partial charge in [0.05, 0.1) is 17.1 Å². The lowest BCUT2D eigenvalue weighted by molar-refractivity contribution is 0.627. The molecule has 3 nitrogen and oxygen atoms in total. The Morgan fingerprint density at radius 2 is 2.06 bits per heavy atom. The lowest BCUT2D eigenvalue weighted by Crippen LogP contribution is -1.98. The van der Waals surface area contributed by atoms with Gasteiger partial charge in [-0.3, -0.25) is 0 Å². The number of pyridine rings is 1. The van der Waals surface area contributed by atoms with Crippen LogP contribution in [0, 0.1) is 12.7 Å². The zero-order valence-electron chi connectivity index (χ0n) is 9.17. The second-order valence-corrected chi connectivity index (χ2v) is 4.47. The van der Waals surface area contributed by atoms with Crippen LogP contribution in [0.3, 0.4) is 0 Å². The molecule has 0 aliphatic carbocycles. The van der Waals surface area contributed by atoms with Crippen LogP contribution >= 0.6 is 15.9 Å². The summed E-state index contributed by atoms with van der Waals surface area (Å²) in [5, 5.41) is 3.09. The van der Waals surface area contributed by atoms with Gasteiger partial charge >= 0.3 is 0 Å². The molecular formula is C12H11BrFN3. The summed E-state index contributed by atoms with van der Waals surface area (Å²) in [6, 6.07) is 7.98. The lowest BCUT2D eigenvalue weighted by Gasteiger charge is -2.09. The molecule has 0 aliphatic rings. The number of halogens is 2. The molecule has 0 saturated heterocycles. The third-order valence-corrected chi connectivity index (χ3v) is 2.98. The van der Waals surface area contributed by atoms with Crippen molar-refractivity contribution in [1.82, 2.24) is 4.98 Å². The third kappa shape index (κ3) is 2.74. The molecule has 0 bridgehead atoms. The van der Waals surface area contributed by atoms with Gasteiger partial charge in [-0.2, -0.15) is 0 Å². The number of rotatable bonds is 2. The van der Waals surface area contributed by atoms with Crippen molar-refractivity contribution in [3.8, 4) is 0 Å². The smallest absolute Gasteiger partial charge is 0.130 e. The summed E-state index contributed by atoms with van der Waals surface area (Å²) in [4.78, 5) is 4.28. The number of anilines is 3. The van der Waals surface area contributed by atoms with Gasteiger partial charge in [-0.15, -0.1) is 0 Å². The predicted octanol–water partition coefficient (Wildman–Crippen LogP) is 3.62. The summed E-state index contributed by atoms with van der Waals surface area (Å²) in [5.41, 5.74) is 7.84. The van der Waals surface area contributed by atoms with Crippen LogP contribution in [-0.4, -0.2) is 4.98 Å². The maximum Gasteiger partial charge on any atom is 0.130 e. The van der Waals surface area contributed by atoms with E-state index >= 15 is 0 Å². The van der Waals surface area contributed by atoms with E-state index in [-0.39, 0.29) is 5.82 Å². The van der Waals surface area contributed by atoms with Crippen molar-refractivity contribution in [3.63, 3.8) is 0 Å². The van der Waals surface area contributed by atoms with E-state index in [1.165, 1.54) is 12.1 Å². The van der Waals surface area contributed by atoms with Gasteiger partial charge in [0.2, 0.25) is 0 Å². The Kier molecular flexibility index (Phi) is 3.28. The highest BCUT2D eigenvalue weighted by atomic mass is 79.9. The molecule has 5 heteroatoms. The van der Waals surface area contributed by atoms with Crippen molar-refractivity contribution in [1.29, 1.82) is 0 Å². The molecule has 0 saturated carbocycles. The quantitative estimate of drug-likeness (QED) is 0.890. The highest BCUT2D eigenvalue weighted by molar-refractivity contribution is 9.10. The average molecular weight is 296 g/mol. The summed E-state index contributed by atoms with van der Waals surface area (Å²) >= 11 is 3.28. The normalized spacial score (nSPS) is 10.3. The maximum atomic E-state index is 12.9. The number of nitrogens with zero attached hydrogens (tertiary/aromatic N) is 1. The van der Waals surface area contributed by atoms with E-state index in [1.807, 2.05) is 6.92 Å². The molecule has 0 atom stereocenters. The monoisotopic (exact) mass is 295 g/mol. The second-order valence-electron chi connectivity index (χ2n) is 3.62. The molecule has 88 valence electrons. The van der Waals surface area contributed by atoms with Crippen molar-refractivity contribution >= 4 is 33.1 Å². The van der Waals surface area contributed by atoms with Crippen LogP contribution in [0.5, 0.6) is 0 Å². The van der Waals surface area contributed by atoms with Gasteiger partial charge in [-0.1, -0.05) is 0 Å². The van der Waals surface area contributed by atoms with Crippen molar-refractivity contribution in [3.05, 3.63) is 46.3 Å². The molecular weight excluding hydrogens is 285 g/mol. The van der Waals surface area contributed by atoms with Crippen molar-refractivity contribution < 1.29 is 4.39 Å². The Balaban J connectivity index is 2.28. The first kappa shape index (κ1) is 11.9. The molecule has 0 unspecified atom stereocenters. The van der Waals surface area contributed by atoms with Gasteiger partial charge in [-0.25, -0.2) is 9.37 Å². The predicted molar refractivity (Wildman–Crippen MR) is 70.8 cm³/mol. The molecule has 0 radical (unpaired) electrons. The van der Waals surface area contributed by atoms with E-state index < -0.39 is 0 Å². The van der Waals surface area contributed by atoms with Gasteiger partial charge in [0, 0.05) is 4.47 Å². The van der Waals surface area contributed by atoms with Crippen LogP contribution < -0.4 is 11.1 Å². The Bertz CT molecular complexity index is 557. The Morgan fingerprint density at radius 3 is 2.71 bits per heavy atom. The molecule has 0 spiro atoms. The minimum absolute atomic E-state index is 0.288. The van der Waals surface area contributed by atoms with E-state index in [0.29, 0.717) is 16.0 Å². The van der Waals surface area contributed by atoms with E-state index in [4.69, 9.17) is 5.73 Å². The second kappa shape index (κ2) is 4.71. The number of nitrogens with two attached hydrogens (primary N) is 1. The average Bonchev–Trinajstić information content (AvgIpc) is 2.27. The number of aryl methyl sites for hydroxylation is 1. The van der Waals surface area contributed by atoms with Crippen LogP contribution in [0.25, 0.3) is 0 Å². The molecule has 0 aliphatic heterocycles. The van der Waals surface area contributed by atoms with E-state index in [9.17, 15) is 4.39 Å². The molecule has 2 aromatic rings. The van der Waals surface area contributed by atoms with Crippen molar-refractivity contribution in [2.45, 2.75) is 6.92 Å². The largest absolute Gasteiger partial charge is 0.397 e. The van der Waals surface area contributed by atoms with Crippen LogP contribution in [0.2, 0.25) is 0 Å². The molecule has 1 aromatic heterocycles. The van der Waals surface area contributed by atoms with E-state index in [1.54, 1.807) is 18.2 Å². The summed E-state index contributed by atoms with van der Waals surface area (Å²) in [5.74, 6) is 0.382. The van der Waals surface area contributed by atoms with Crippen LogP contribution in [0.1, 0.15) is 5.69 Å². The number of nitrogens with one attached hydrogen (secondary N) is 1. The first-order valence-electron chi connectivity index (χ1n) is 5.01. The van der Waals surface area contributed by atoms with Crippen LogP contribution in [0.4, 0.5) is 21.6 Å². The summed E-state index contributed by atoms with van der Waals surface area (Å²) in [6.07, 6.45) is 0. The minimum atomic E-state index is -0.288. The first-order valence-corrected chi connectivity index (χ1v) is 5.81. The molecule has 17 heavy (non-hydrogen) atoms. The van der Waals surface area contributed by atoms with E-state index in [0.717, 1.165) is 11.4 Å². The standard InChI is InChI=1S/C12H11BrFN3/c1-7-10(15)3-5-12(16-7)17-11-4-2-8(14)6-9(11)13/h2-6H,15H2,1H3,(H,16,17). The summed E-state index contributed by atoms with van der Waals surface area (Å²) in [7, 11) is 0. The van der Waals surface area contributed by atoms with Gasteiger partial charge in [0.1, 0.15) is 11.6 Å². The summed E-state index contributed by atoms with van der Waals surface area (Å²) < 4.78 is 13.6. The molecule has 2 rings (SSSR count). The lowest BCUT2D eigenvalue weighted by atomic mass is 10.3. The topological polar surface area (TPSA) is 50.9 Å². The number of hydrogen-bond donors (Lipinski definition) is 2. The molecule has 1 aromatic carbocycles. The highest BCUT2D eigenvalue weighted by Gasteiger charge is 2.03. The van der Waals surface area contributed by atoms with Gasteiger partial charge in [-0.05, 0) is 53.2 Å². The van der Waals surface area contributed by atoms with Crippen molar-refractivity contribution in [2.75, 3.05) is 11.1 Å². The van der Waals surface area contributed by atoms with Gasteiger partial charge in [0.25, 0.3) is 0 Å². The minimum Gasteiger partial charge on any atom is -0.397 e. The summed E-state index contributed by atoms with van der Waals surface area (Å²) in [6.45, 7) is 1.83. The van der Waals surface area contributed by atoms with Crippen LogP contribution in [0.15, 0.2) is 34.8 Å². The van der Waals surface area contributed by atoms with Gasteiger partial charge < -0.3 is 11.1 Å². The zero-order chi connectivity index (χ0) is 12.4. The Morgan fingerprint density at radius 1 is 1.29 bits per heavy atom. The molecule has 1 heterocycles. The number of hydrogen-bond acceptors (Lipinski definition) is 3. The Labute approximate surface area is 107 Å². The SMILES string of the molecule is Cc1nc(Nc2ccc(F)cc2Br)ccc1N. The number of benzene rings is 1. The fourth-order valence-electron chi connectivity index (χ4n) is 1.37. The zero-order valence-corrected chi connectivity index (χ0v) is 10.8. The first-order chi connectivity index (χ1) is 8.06. The number of nitrogen functional groups attached to an aromatic ring is 1. The molecule has 0 amide bonds. The highest BCUT2D eigenvalue weighted by Crippen LogP contribution is 2.26. The van der Waals surface area contributed by atoms with Crippen molar-refractivity contribution in [2.24, 2.45) is 0 Å². The fraction of sp³-hybridized carbons (Fsp3) is 0.0833. The third-order valence-electron chi connectivity index (χ3n) is 2.32. The van der Waals surface area contributed by atoms with Gasteiger partial charge in [0.15, 0.2) is 0 Å². The maximum absolute atomic E-state index is 12.9. The number of aromatic nitrogens is 1. The van der Waals surface area contributed by atoms with E-state index in [2.05, 4.69) is 26.2 Å². The molecule has 0 fully saturated rings. The molecule has 3 N–H and O–H groups in total.